The van der Waals surface area contributed by atoms with E-state index in [0.29, 0.717) is 30.3 Å². The second-order valence-corrected chi connectivity index (χ2v) is 17.8. The van der Waals surface area contributed by atoms with Crippen LogP contribution in [0.4, 0.5) is 4.79 Å². The second-order valence-electron chi connectivity index (χ2n) is 15.7. The van der Waals surface area contributed by atoms with Crippen LogP contribution in [0.15, 0.2) is 78.9 Å². The first-order chi connectivity index (χ1) is 29.0. The number of H-pyrrole nitrogens is 2. The van der Waals surface area contributed by atoms with Crippen LogP contribution in [0.2, 0.25) is 0 Å². The van der Waals surface area contributed by atoms with Gasteiger partial charge in [-0.15, -0.1) is 22.7 Å². The lowest BCUT2D eigenvalue weighted by Gasteiger charge is -2.29. The molecule has 5 N–H and O–H groups in total. The molecule has 14 nitrogen and oxygen atoms in total. The number of fused-ring (bicyclic) bond motifs is 3. The van der Waals surface area contributed by atoms with Crippen molar-refractivity contribution in [3.63, 3.8) is 0 Å². The molecule has 3 aromatic carbocycles. The van der Waals surface area contributed by atoms with Gasteiger partial charge in [0.15, 0.2) is 0 Å². The normalized spacial score (nSPS) is 17.8. The summed E-state index contributed by atoms with van der Waals surface area (Å²) in [4.78, 5) is 84.4. The van der Waals surface area contributed by atoms with Crippen LogP contribution in [-0.2, 0) is 19.2 Å². The summed E-state index contributed by atoms with van der Waals surface area (Å²) in [5.74, 6) is -0.124. The maximum absolute atomic E-state index is 13.8. The van der Waals surface area contributed by atoms with Crippen LogP contribution >= 0.6 is 22.7 Å². The molecule has 2 saturated heterocycles. The zero-order valence-electron chi connectivity index (χ0n) is 32.8. The van der Waals surface area contributed by atoms with Crippen molar-refractivity contribution < 1.29 is 29.1 Å². The minimum absolute atomic E-state index is 0.189. The van der Waals surface area contributed by atoms with E-state index in [2.05, 4.69) is 57.0 Å². The molecule has 4 amide bonds. The van der Waals surface area contributed by atoms with E-state index >= 15 is 0 Å². The van der Waals surface area contributed by atoms with E-state index in [-0.39, 0.29) is 36.1 Å². The van der Waals surface area contributed by atoms with Gasteiger partial charge in [-0.3, -0.25) is 19.2 Å². The van der Waals surface area contributed by atoms with E-state index < -0.39 is 24.1 Å². The lowest BCUT2D eigenvalue weighted by Crippen LogP contribution is -2.51. The fourth-order valence-electron chi connectivity index (χ4n) is 8.53. The summed E-state index contributed by atoms with van der Waals surface area (Å²) in [6.45, 7) is 4.74. The number of carbonyl (C=O) groups excluding carboxylic acids is 4. The Balaban J connectivity index is 0.920. The molecule has 2 aliphatic heterocycles. The van der Waals surface area contributed by atoms with Crippen LogP contribution in [0.25, 0.3) is 52.3 Å². The molecule has 0 spiro atoms. The van der Waals surface area contributed by atoms with Crippen LogP contribution in [0.3, 0.4) is 0 Å². The fraction of sp³-hybridized carbons (Fsp3) is 0.295. The number of carbonyl (C=O) groups is 5. The Kier molecular flexibility index (Phi) is 10.4. The topological polar surface area (TPSA) is 193 Å². The molecule has 2 fully saturated rings. The van der Waals surface area contributed by atoms with Crippen molar-refractivity contribution in [2.45, 2.75) is 63.7 Å². The average Bonchev–Trinajstić information content (AvgIpc) is 4.10. The third-order valence-electron chi connectivity index (χ3n) is 11.5. The second kappa shape index (κ2) is 16.0. The van der Waals surface area contributed by atoms with Gasteiger partial charge in [0.25, 0.3) is 11.8 Å². The molecular weight excluding hydrogens is 801 g/mol. The van der Waals surface area contributed by atoms with E-state index in [0.717, 1.165) is 68.6 Å². The molecule has 6 heterocycles. The number of thiophene rings is 2. The molecule has 9 rings (SSSR count). The Morgan fingerprint density at radius 2 is 1.28 bits per heavy atom. The van der Waals surface area contributed by atoms with Crippen LogP contribution in [0, 0.1) is 5.92 Å². The minimum Gasteiger partial charge on any atom is -0.465 e. The Morgan fingerprint density at radius 1 is 0.750 bits per heavy atom. The zero-order valence-corrected chi connectivity index (χ0v) is 34.4. The molecule has 0 saturated carbocycles. The summed E-state index contributed by atoms with van der Waals surface area (Å²) >= 11 is 3.44. The minimum atomic E-state index is -1.26. The number of aromatic amines is 2. The zero-order chi connectivity index (χ0) is 41.7. The number of nitrogens with zero attached hydrogens (tertiary/aromatic N) is 4. The summed E-state index contributed by atoms with van der Waals surface area (Å²) in [6, 6.07) is 23.3. The molecule has 60 heavy (non-hydrogen) atoms. The highest BCUT2D eigenvalue weighted by Gasteiger charge is 2.38. The highest BCUT2D eigenvalue weighted by molar-refractivity contribution is 7.31. The van der Waals surface area contributed by atoms with E-state index in [1.54, 1.807) is 56.7 Å². The van der Waals surface area contributed by atoms with E-state index in [1.807, 2.05) is 32.0 Å². The van der Waals surface area contributed by atoms with Gasteiger partial charge in [-0.25, -0.2) is 14.8 Å². The maximum atomic E-state index is 13.8. The molecule has 4 atom stereocenters. The van der Waals surface area contributed by atoms with Crippen molar-refractivity contribution in [3.8, 4) is 20.9 Å². The van der Waals surface area contributed by atoms with Gasteiger partial charge >= 0.3 is 6.09 Å². The summed E-state index contributed by atoms with van der Waals surface area (Å²) in [7, 11) is 0. The van der Waals surface area contributed by atoms with Gasteiger partial charge in [0.05, 0.1) is 34.2 Å². The molecule has 306 valence electrons. The van der Waals surface area contributed by atoms with Crippen LogP contribution in [0.5, 0.6) is 0 Å². The van der Waals surface area contributed by atoms with Gasteiger partial charge in [-0.2, -0.15) is 0 Å². The Hall–Kier alpha value is -6.39. The van der Waals surface area contributed by atoms with Crippen LogP contribution < -0.4 is 10.6 Å². The molecule has 7 aromatic rings. The quantitative estimate of drug-likeness (QED) is 0.0645. The van der Waals surface area contributed by atoms with Gasteiger partial charge < -0.3 is 35.5 Å². The highest BCUT2D eigenvalue weighted by atomic mass is 32.1. The largest absolute Gasteiger partial charge is 0.465 e. The first-order valence-corrected chi connectivity index (χ1v) is 21.6. The van der Waals surface area contributed by atoms with Crippen LogP contribution in [0.1, 0.15) is 74.9 Å². The summed E-state index contributed by atoms with van der Waals surface area (Å²) < 4.78 is 2.34. The maximum Gasteiger partial charge on any atom is 0.405 e. The molecule has 0 radical (unpaired) electrons. The van der Waals surface area contributed by atoms with Crippen molar-refractivity contribution in [2.24, 2.45) is 5.92 Å². The number of imidazole rings is 2. The van der Waals surface area contributed by atoms with Crippen molar-refractivity contribution in [1.29, 1.82) is 0 Å². The van der Waals surface area contributed by atoms with Crippen molar-refractivity contribution in [1.82, 2.24) is 40.4 Å². The number of hydrogen-bond acceptors (Lipinski definition) is 9. The summed E-state index contributed by atoms with van der Waals surface area (Å²) in [5, 5.41) is 14.5. The van der Waals surface area contributed by atoms with Gasteiger partial charge in [0.1, 0.15) is 23.7 Å². The number of nitrogens with one attached hydrogen (secondary N) is 4. The fourth-order valence-corrected chi connectivity index (χ4v) is 10.9. The molecule has 16 heteroatoms. The van der Waals surface area contributed by atoms with Gasteiger partial charge in [0.2, 0.25) is 12.2 Å². The Bertz CT molecular complexity index is 2760. The Morgan fingerprint density at radius 3 is 1.78 bits per heavy atom. The van der Waals surface area contributed by atoms with Gasteiger partial charge in [-0.05, 0) is 84.7 Å². The number of carboxylic acid groups (broad SMARTS) is 1. The number of aromatic nitrogens is 4. The smallest absolute Gasteiger partial charge is 0.405 e. The van der Waals surface area contributed by atoms with Crippen LogP contribution in [-0.4, -0.2) is 84.1 Å². The average molecular weight is 843 g/mol. The molecule has 2 aliphatic rings. The number of aldehydes is 1. The van der Waals surface area contributed by atoms with Gasteiger partial charge in [0, 0.05) is 32.2 Å². The SMILES string of the molecule is CC(C)[C@H](NC(=O)C=O)C(=O)N1CCCC1c1nc2ccc(-c3cc4sc(-c5ccc6nc(C7CCCN7C(=O)[C@H](NC(=O)O)c7ccccc7)[nH]c6c5)cc4s3)cc2[nH]1. The number of rotatable bonds is 11. The Labute approximate surface area is 352 Å². The van der Waals surface area contributed by atoms with E-state index in [4.69, 9.17) is 9.97 Å². The summed E-state index contributed by atoms with van der Waals surface area (Å²) in [5.41, 5.74) is 6.04. The van der Waals surface area contributed by atoms with E-state index in [9.17, 15) is 29.1 Å². The molecule has 0 aliphatic carbocycles. The first kappa shape index (κ1) is 39.1. The number of likely N-dealkylation sites (tertiary alicyclic amines) is 2. The van der Waals surface area contributed by atoms with Crippen molar-refractivity contribution >= 4 is 84.2 Å². The van der Waals surface area contributed by atoms with Crippen molar-refractivity contribution in [3.05, 3.63) is 96.1 Å². The predicted molar refractivity (Wildman–Crippen MR) is 230 cm³/mol. The number of amides is 4. The highest BCUT2D eigenvalue weighted by Crippen LogP contribution is 2.43. The number of hydrogen-bond donors (Lipinski definition) is 5. The molecule has 4 aromatic heterocycles. The molecule has 2 unspecified atom stereocenters. The van der Waals surface area contributed by atoms with Crippen molar-refractivity contribution in [2.75, 3.05) is 13.1 Å². The lowest BCUT2D eigenvalue weighted by molar-refractivity contribution is -0.140. The van der Waals surface area contributed by atoms with E-state index in [1.165, 1.54) is 9.40 Å². The molecular formula is C44H42N8O6S2. The monoisotopic (exact) mass is 842 g/mol. The third-order valence-corrected chi connectivity index (χ3v) is 13.9. The molecule has 0 bridgehead atoms. The van der Waals surface area contributed by atoms with Gasteiger partial charge in [-0.1, -0.05) is 56.3 Å². The first-order valence-electron chi connectivity index (χ1n) is 20.0. The third kappa shape index (κ3) is 7.41. The predicted octanol–water partition coefficient (Wildman–Crippen LogP) is 7.73. The summed E-state index contributed by atoms with van der Waals surface area (Å²) in [6.07, 6.45) is 1.99. The lowest BCUT2D eigenvalue weighted by atomic mass is 10.0. The number of benzene rings is 3. The standard InChI is InChI=1S/C44H42N8O6S2/c1-23(2)38(49-37(54)22-53)42(55)51-16-6-10-31(51)40-45-27-14-12-25(18-29(27)47-40)33-20-35-36(59-33)21-34(60-35)26-13-15-28-30(19-26)48-41(46-28)32-11-7-17-52(32)43(56)39(50-44(57)58)24-8-4-3-5-9-24/h3-5,8-9,12-15,18-23,31-32,38-39,50H,6-7,10-11,16-17H2,1-2H3,(H,45,47)(H,46,48)(H,49,54)(H,57,58)/t31?,32?,38-,39+/m0/s1.